The van der Waals surface area contributed by atoms with Crippen LogP contribution in [0.5, 0.6) is 0 Å². The molecule has 0 aliphatic carbocycles. The summed E-state index contributed by atoms with van der Waals surface area (Å²) in [6.07, 6.45) is 0. The van der Waals surface area contributed by atoms with E-state index in [4.69, 9.17) is 18.3 Å². The second kappa shape index (κ2) is 32.6. The van der Waals surface area contributed by atoms with Gasteiger partial charge in [0.1, 0.15) is 0 Å². The van der Waals surface area contributed by atoms with Crippen molar-refractivity contribution in [3.05, 3.63) is 36.4 Å². The van der Waals surface area contributed by atoms with Gasteiger partial charge in [-0.1, -0.05) is 50.2 Å². The smallest absolute Gasteiger partial charge is 0 e. The van der Waals surface area contributed by atoms with Crippen molar-refractivity contribution < 1.29 is 18.3 Å². The topological polar surface area (TPSA) is 0 Å². The molecule has 1 aromatic carbocycles. The first-order valence-electron chi connectivity index (χ1n) is 3.29. The summed E-state index contributed by atoms with van der Waals surface area (Å²) in [7, 11) is 0. The second-order valence-corrected chi connectivity index (χ2v) is 1.15. The van der Waals surface area contributed by atoms with Crippen molar-refractivity contribution in [3.63, 3.8) is 0 Å². The average molecular weight is 184 g/mol. The molecule has 0 atom stereocenters. The van der Waals surface area contributed by atoms with Gasteiger partial charge in [-0.2, -0.15) is 0 Å². The highest BCUT2D eigenvalue weighted by Gasteiger charge is 1.57. The summed E-state index contributed by atoms with van der Waals surface area (Å²) >= 11 is 0. The van der Waals surface area contributed by atoms with Crippen LogP contribution < -0.4 is 0 Å². The van der Waals surface area contributed by atoms with Crippen LogP contribution in [0.4, 0.5) is 18.3 Å². The maximum absolute atomic E-state index is 8.00. The Bertz CT molecular complexity index is 83.0. The van der Waals surface area contributed by atoms with Crippen LogP contribution >= 0.6 is 0 Å². The fourth-order valence-corrected chi connectivity index (χ4v) is 0.385. The lowest BCUT2D eigenvalue weighted by molar-refractivity contribution is 0.108. The number of hydrogen-bond donors (Lipinski definition) is 0. The van der Waals surface area contributed by atoms with Crippen molar-refractivity contribution in [2.24, 2.45) is 0 Å². The molecule has 1 rings (SSSR count). The molecule has 1 aromatic rings. The zero-order valence-electron chi connectivity index (χ0n) is 6.98. The lowest BCUT2D eigenvalue weighted by atomic mass is 10.4. The average Bonchev–Trinajstić information content (AvgIpc) is 2.29. The molecular weight excluding hydrogens is 172 g/mol. The van der Waals surface area contributed by atoms with Crippen LogP contribution in [-0.2, 0) is 0 Å². The minimum atomic E-state index is 2.00. The number of halogens is 4. The Labute approximate surface area is 69.6 Å². The minimum absolute atomic E-state index is 2.00. The molecule has 0 saturated heterocycles. The third kappa shape index (κ3) is 23.1. The summed E-state index contributed by atoms with van der Waals surface area (Å²) in [5.41, 5.74) is 0. The normalized spacial score (nSPS) is 5.50. The molecule has 12 heavy (non-hydrogen) atoms. The zero-order chi connectivity index (χ0) is 10.2. The molecule has 0 fully saturated rings. The summed E-state index contributed by atoms with van der Waals surface area (Å²) in [6.45, 7) is 4.00. The van der Waals surface area contributed by atoms with Crippen LogP contribution in [0.25, 0.3) is 0 Å². The lowest BCUT2D eigenvalue weighted by Crippen LogP contribution is -1.47. The van der Waals surface area contributed by atoms with E-state index in [1.807, 2.05) is 50.2 Å². The van der Waals surface area contributed by atoms with Crippen molar-refractivity contribution in [1.29, 1.82) is 0 Å². The molecule has 0 aliphatic rings. The van der Waals surface area contributed by atoms with Gasteiger partial charge in [-0.25, -0.2) is 0 Å². The highest BCUT2D eigenvalue weighted by molar-refractivity contribution is 4.99. The first kappa shape index (κ1) is 17.1. The fourth-order valence-electron chi connectivity index (χ4n) is 0.385. The van der Waals surface area contributed by atoms with Gasteiger partial charge in [0.25, 0.3) is 0 Å². The minimum Gasteiger partial charge on any atom is -0.0683 e. The molecular formula is C8H12F4. The predicted octanol–water partition coefficient (Wildman–Crippen LogP) is 4.39. The largest absolute Gasteiger partial charge is 0.0683 e. The van der Waals surface area contributed by atoms with Gasteiger partial charge in [0, 0.05) is 18.3 Å². The molecule has 72 valence electrons. The maximum atomic E-state index is 8.00. The molecule has 0 N–H and O–H groups in total. The number of benzene rings is 1. The van der Waals surface area contributed by atoms with Gasteiger partial charge >= 0.3 is 0 Å². The zero-order valence-corrected chi connectivity index (χ0v) is 6.98. The first-order valence-corrected chi connectivity index (χ1v) is 3.29. The van der Waals surface area contributed by atoms with E-state index in [-0.39, 0.29) is 0 Å². The van der Waals surface area contributed by atoms with Crippen LogP contribution in [0.3, 0.4) is 0 Å². The summed E-state index contributed by atoms with van der Waals surface area (Å²) in [4.78, 5) is 0. The Balaban J connectivity index is -0.000000117. The first-order chi connectivity index (χ1) is 6.00. The van der Waals surface area contributed by atoms with Gasteiger partial charge in [0.05, 0.1) is 0 Å². The van der Waals surface area contributed by atoms with E-state index in [9.17, 15) is 0 Å². The van der Waals surface area contributed by atoms with E-state index in [1.165, 1.54) is 0 Å². The third-order valence-electron chi connectivity index (χ3n) is 0.667. The van der Waals surface area contributed by atoms with Gasteiger partial charge in [-0.05, 0) is 0 Å². The Morgan fingerprint density at radius 2 is 0.583 bits per heavy atom. The van der Waals surface area contributed by atoms with Gasteiger partial charge in [-0.3, -0.25) is 0 Å². The highest BCUT2D eigenvalue weighted by atomic mass is 20.0. The number of hydrogen-bond acceptors (Lipinski definition) is 0. The standard InChI is InChI=1S/C6H6.C2H6.2F2/c1-2-4-6-5-3-1;3*1-2/h1-6H;1-2H3;;. The summed E-state index contributed by atoms with van der Waals surface area (Å²) in [5.74, 6) is 0. The fraction of sp³-hybridized carbons (Fsp3) is 0.250. The van der Waals surface area contributed by atoms with Crippen LogP contribution in [0.15, 0.2) is 36.4 Å². The van der Waals surface area contributed by atoms with Gasteiger partial charge in [-0.15, -0.1) is 0 Å². The molecule has 0 spiro atoms. The van der Waals surface area contributed by atoms with Crippen LogP contribution in [-0.4, -0.2) is 0 Å². The SMILES string of the molecule is CC.FF.FF.c1ccccc1. The number of rotatable bonds is 0. The Morgan fingerprint density at radius 3 is 0.667 bits per heavy atom. The second-order valence-electron chi connectivity index (χ2n) is 1.15. The molecule has 0 unspecified atom stereocenters. The summed E-state index contributed by atoms with van der Waals surface area (Å²) in [5, 5.41) is 0. The predicted molar refractivity (Wildman–Crippen MR) is 42.2 cm³/mol. The quantitative estimate of drug-likeness (QED) is 0.524. The Morgan fingerprint density at radius 1 is 0.500 bits per heavy atom. The van der Waals surface area contributed by atoms with Crippen molar-refractivity contribution in [1.82, 2.24) is 0 Å². The monoisotopic (exact) mass is 184 g/mol. The molecule has 0 bridgehead atoms. The van der Waals surface area contributed by atoms with Crippen LogP contribution in [0.1, 0.15) is 13.8 Å². The molecule has 0 nitrogen and oxygen atoms in total. The summed E-state index contributed by atoms with van der Waals surface area (Å²) in [6, 6.07) is 12.0. The van der Waals surface area contributed by atoms with E-state index in [0.29, 0.717) is 0 Å². The van der Waals surface area contributed by atoms with E-state index in [1.54, 1.807) is 0 Å². The molecule has 0 radical (unpaired) electrons. The van der Waals surface area contributed by atoms with E-state index < -0.39 is 0 Å². The van der Waals surface area contributed by atoms with Gasteiger partial charge < -0.3 is 0 Å². The van der Waals surface area contributed by atoms with Crippen molar-refractivity contribution in [3.8, 4) is 0 Å². The maximum Gasteiger partial charge on any atom is 0 e. The van der Waals surface area contributed by atoms with Crippen LogP contribution in [0.2, 0.25) is 0 Å². The van der Waals surface area contributed by atoms with Gasteiger partial charge in [0.2, 0.25) is 0 Å². The van der Waals surface area contributed by atoms with E-state index >= 15 is 0 Å². The molecule has 0 amide bonds. The van der Waals surface area contributed by atoms with Gasteiger partial charge in [0.15, 0.2) is 0 Å². The van der Waals surface area contributed by atoms with Crippen molar-refractivity contribution in [2.45, 2.75) is 13.8 Å². The van der Waals surface area contributed by atoms with Crippen LogP contribution in [0, 0.1) is 0 Å². The Kier molecular flexibility index (Phi) is 46.5. The van der Waals surface area contributed by atoms with E-state index in [2.05, 4.69) is 0 Å². The third-order valence-corrected chi connectivity index (χ3v) is 0.667. The molecule has 4 heteroatoms. The molecule has 0 aromatic heterocycles. The van der Waals surface area contributed by atoms with Crippen molar-refractivity contribution >= 4 is 0 Å². The lowest BCUT2D eigenvalue weighted by Gasteiger charge is -1.69. The Hall–Kier alpha value is -1.06. The van der Waals surface area contributed by atoms with E-state index in [0.717, 1.165) is 0 Å². The summed E-state index contributed by atoms with van der Waals surface area (Å²) < 4.78 is 32.0. The highest BCUT2D eigenvalue weighted by Crippen LogP contribution is 1.79. The molecule has 0 heterocycles. The van der Waals surface area contributed by atoms with Crippen molar-refractivity contribution in [2.75, 3.05) is 0 Å². The molecule has 0 aliphatic heterocycles. The molecule has 0 saturated carbocycles.